The fraction of sp³-hybridized carbons (Fsp3) is 0.118. The summed E-state index contributed by atoms with van der Waals surface area (Å²) in [6.07, 6.45) is 3.65. The predicted octanol–water partition coefficient (Wildman–Crippen LogP) is 8.80. The molecule has 0 spiro atoms. The van der Waals surface area contributed by atoms with Gasteiger partial charge in [0.1, 0.15) is 0 Å². The fourth-order valence-corrected chi connectivity index (χ4v) is 4.60. The van der Waals surface area contributed by atoms with E-state index in [0.717, 1.165) is 49.6 Å². The van der Waals surface area contributed by atoms with Crippen LogP contribution in [-0.2, 0) is 26.5 Å². The minimum Gasteiger partial charge on any atom is -0.497 e. The van der Waals surface area contributed by atoms with E-state index >= 15 is 0 Å². The molecule has 38 heavy (non-hydrogen) atoms. The molecule has 0 atom stereocenters. The van der Waals surface area contributed by atoms with Crippen LogP contribution in [0.4, 0.5) is 0 Å². The van der Waals surface area contributed by atoms with Gasteiger partial charge in [-0.05, 0) is 39.7 Å². The molecule has 4 aromatic carbocycles. The number of ether oxygens (including phenoxy) is 1. The maximum Gasteiger partial charge on any atom is 2.00 e. The average Bonchev–Trinajstić information content (AvgIpc) is 2.92. The van der Waals surface area contributed by atoms with Crippen molar-refractivity contribution in [1.29, 1.82) is 0 Å². The van der Waals surface area contributed by atoms with Crippen molar-refractivity contribution in [2.24, 2.45) is 0 Å². The number of fused-ring (bicyclic) bond motifs is 2. The predicted molar refractivity (Wildman–Crippen MR) is 151 cm³/mol. The molecule has 0 N–H and O–H groups in total. The molecule has 4 heteroatoms. The number of rotatable bonds is 4. The smallest absolute Gasteiger partial charge is 0.497 e. The minimum absolute atomic E-state index is 0. The molecule has 2 heterocycles. The van der Waals surface area contributed by atoms with Crippen molar-refractivity contribution in [2.75, 3.05) is 0 Å². The first-order valence-corrected chi connectivity index (χ1v) is 12.4. The van der Waals surface area contributed by atoms with E-state index in [1.54, 1.807) is 6.20 Å². The second-order valence-corrected chi connectivity index (χ2v) is 10.2. The Bertz CT molecular complexity index is 1730. The Balaban J connectivity index is 0.00000294. The monoisotopic (exact) mass is 673 g/mol. The van der Waals surface area contributed by atoms with Gasteiger partial charge in [0.05, 0.1) is 0 Å². The molecule has 0 fully saturated rings. The summed E-state index contributed by atoms with van der Waals surface area (Å²) in [6, 6.07) is 37.7. The van der Waals surface area contributed by atoms with E-state index in [1.165, 1.54) is 0 Å². The molecule has 6 rings (SSSR count). The molecule has 2 aromatic heterocycles. The van der Waals surface area contributed by atoms with Crippen molar-refractivity contribution in [3.05, 3.63) is 121 Å². The molecule has 188 valence electrons. The number of hydrogen-bond acceptors (Lipinski definition) is 3. The summed E-state index contributed by atoms with van der Waals surface area (Å²) in [4.78, 5) is 9.31. The molecule has 0 saturated heterocycles. The molecule has 6 aromatic rings. The fourth-order valence-electron chi connectivity index (χ4n) is 4.60. The topological polar surface area (TPSA) is 35.0 Å². The van der Waals surface area contributed by atoms with Crippen LogP contribution >= 0.6 is 0 Å². The normalized spacial score (nSPS) is 11.3. The number of nitrogens with zero attached hydrogens (tertiary/aromatic N) is 2. The summed E-state index contributed by atoms with van der Waals surface area (Å²) in [5, 5.41) is 4.39. The summed E-state index contributed by atoms with van der Waals surface area (Å²) in [7, 11) is 0. The number of hydrogen-bond donors (Lipinski definition) is 0. The van der Waals surface area contributed by atoms with Crippen molar-refractivity contribution in [3.63, 3.8) is 0 Å². The summed E-state index contributed by atoms with van der Waals surface area (Å²) in [5.74, 6) is 1.26. The third kappa shape index (κ3) is 5.12. The van der Waals surface area contributed by atoms with Crippen LogP contribution < -0.4 is 4.74 Å². The van der Waals surface area contributed by atoms with E-state index in [1.807, 2.05) is 60.8 Å². The summed E-state index contributed by atoms with van der Waals surface area (Å²) >= 11 is 0. The van der Waals surface area contributed by atoms with E-state index in [2.05, 4.69) is 74.3 Å². The van der Waals surface area contributed by atoms with E-state index in [9.17, 15) is 0 Å². The van der Waals surface area contributed by atoms with E-state index in [0.29, 0.717) is 11.5 Å². The molecule has 0 aliphatic heterocycles. The second-order valence-electron chi connectivity index (χ2n) is 10.2. The molecule has 0 amide bonds. The Kier molecular flexibility index (Phi) is 7.14. The molecule has 3 nitrogen and oxygen atoms in total. The van der Waals surface area contributed by atoms with E-state index < -0.39 is 0 Å². The van der Waals surface area contributed by atoms with Crippen molar-refractivity contribution in [2.45, 2.75) is 26.2 Å². The van der Waals surface area contributed by atoms with Gasteiger partial charge in [0.2, 0.25) is 0 Å². The minimum atomic E-state index is -0.0846. The van der Waals surface area contributed by atoms with Crippen LogP contribution in [-0.4, -0.2) is 9.97 Å². The number of pyridine rings is 2. The van der Waals surface area contributed by atoms with Gasteiger partial charge in [0, 0.05) is 23.9 Å². The zero-order valence-electron chi connectivity index (χ0n) is 21.4. The van der Waals surface area contributed by atoms with Crippen molar-refractivity contribution >= 4 is 21.5 Å². The third-order valence-corrected chi connectivity index (χ3v) is 6.54. The van der Waals surface area contributed by atoms with Crippen molar-refractivity contribution < 1.29 is 25.8 Å². The molecular weight excluding hydrogens is 647 g/mol. The van der Waals surface area contributed by atoms with Gasteiger partial charge in [-0.15, -0.1) is 22.8 Å². The Labute approximate surface area is 237 Å². The van der Waals surface area contributed by atoms with E-state index in [-0.39, 0.29) is 26.5 Å². The molecule has 0 aliphatic rings. The first-order valence-electron chi connectivity index (χ1n) is 12.4. The zero-order valence-corrected chi connectivity index (χ0v) is 23.7. The summed E-state index contributed by atoms with van der Waals surface area (Å²) in [6.45, 7) is 6.61. The van der Waals surface area contributed by atoms with Gasteiger partial charge in [-0.1, -0.05) is 116 Å². The van der Waals surface area contributed by atoms with Crippen LogP contribution in [0.5, 0.6) is 11.5 Å². The Morgan fingerprint density at radius 3 is 2.13 bits per heavy atom. The molecule has 0 saturated carbocycles. The maximum absolute atomic E-state index is 6.49. The molecule has 0 radical (unpaired) electrons. The van der Waals surface area contributed by atoms with Gasteiger partial charge in [-0.3, -0.25) is 0 Å². The Hall–Kier alpha value is -3.81. The molecule has 0 aliphatic carbocycles. The van der Waals surface area contributed by atoms with Gasteiger partial charge in [0.15, 0.2) is 0 Å². The van der Waals surface area contributed by atoms with Gasteiger partial charge < -0.3 is 14.7 Å². The second kappa shape index (κ2) is 10.5. The van der Waals surface area contributed by atoms with E-state index in [4.69, 9.17) is 9.72 Å². The van der Waals surface area contributed by atoms with Gasteiger partial charge in [0.25, 0.3) is 0 Å². The van der Waals surface area contributed by atoms with Crippen LogP contribution in [0.25, 0.3) is 44.1 Å². The maximum atomic E-state index is 6.49. The van der Waals surface area contributed by atoms with Gasteiger partial charge in [-0.2, -0.15) is 0 Å². The van der Waals surface area contributed by atoms with Crippen molar-refractivity contribution in [3.8, 4) is 34.0 Å². The average molecular weight is 674 g/mol. The van der Waals surface area contributed by atoms with Crippen LogP contribution in [0.3, 0.4) is 0 Å². The largest absolute Gasteiger partial charge is 2.00 e. The molecular formula is C34H26N2OPt. The third-order valence-electron chi connectivity index (χ3n) is 6.54. The van der Waals surface area contributed by atoms with Crippen molar-refractivity contribution in [1.82, 2.24) is 9.97 Å². The van der Waals surface area contributed by atoms with Crippen LogP contribution in [0.2, 0.25) is 0 Å². The van der Waals surface area contributed by atoms with Crippen LogP contribution in [0.15, 0.2) is 103 Å². The summed E-state index contributed by atoms with van der Waals surface area (Å²) in [5.41, 5.74) is 4.64. The Morgan fingerprint density at radius 2 is 1.37 bits per heavy atom. The summed E-state index contributed by atoms with van der Waals surface area (Å²) < 4.78 is 6.49. The quantitative estimate of drug-likeness (QED) is 0.176. The number of benzene rings is 4. The zero-order chi connectivity index (χ0) is 25.4. The number of aromatic nitrogens is 2. The van der Waals surface area contributed by atoms with Crippen LogP contribution in [0, 0.1) is 12.1 Å². The Morgan fingerprint density at radius 1 is 0.658 bits per heavy atom. The molecule has 0 unspecified atom stereocenters. The van der Waals surface area contributed by atoms with Gasteiger partial charge >= 0.3 is 21.1 Å². The first-order chi connectivity index (χ1) is 18.0. The first kappa shape index (κ1) is 25.8. The standard InChI is InChI=1S/C34H26N2O.Pt/c1-34(2,3)26-18-25(33-30-13-7-4-10-23(30)15-17-36-33)20-27(21-26)37-28-19-24-11-5-6-12-29(24)31(22-28)32-14-8-9-16-35-32;/h4-19,21H,1-3H3;/q-2;+2. The molecule has 0 bridgehead atoms. The van der Waals surface area contributed by atoms with Gasteiger partial charge in [-0.25, -0.2) is 0 Å². The SMILES string of the molecule is CC(C)(C)c1cc(Oc2[c-]c(-c3ccccn3)c3ccccc3c2)[c-]c(-c2nccc3ccccc23)c1.[Pt+2]. The van der Waals surface area contributed by atoms with Crippen LogP contribution in [0.1, 0.15) is 26.3 Å².